The fraction of sp³-hybridized carbons (Fsp3) is 0.250. The molecule has 2 rings (SSSR count). The Morgan fingerprint density at radius 3 is 3.00 bits per heavy atom. The van der Waals surface area contributed by atoms with E-state index in [1.54, 1.807) is 12.4 Å². The number of anilines is 1. The van der Waals surface area contributed by atoms with Crippen LogP contribution in [0.15, 0.2) is 22.9 Å². The number of tetrazole rings is 1. The smallest absolute Gasteiger partial charge is 0.196 e. The molecular weight excluding hydrogens is 260 g/mol. The van der Waals surface area contributed by atoms with E-state index in [1.165, 1.54) is 0 Å². The van der Waals surface area contributed by atoms with Crippen molar-refractivity contribution in [1.29, 1.82) is 0 Å². The number of pyridine rings is 1. The minimum atomic E-state index is -0.0140. The SMILES string of the molecule is CC(Nc1cncc(Br)c1)c1nn[nH]n1. The number of aromatic nitrogens is 5. The highest BCUT2D eigenvalue weighted by Gasteiger charge is 2.09. The van der Waals surface area contributed by atoms with Crippen molar-refractivity contribution in [2.75, 3.05) is 5.32 Å². The molecule has 2 aromatic heterocycles. The van der Waals surface area contributed by atoms with Gasteiger partial charge in [-0.2, -0.15) is 5.21 Å². The molecule has 0 amide bonds. The van der Waals surface area contributed by atoms with Crippen LogP contribution in [0, 0.1) is 0 Å². The minimum absolute atomic E-state index is 0.0140. The number of hydrogen-bond donors (Lipinski definition) is 2. The molecule has 2 heterocycles. The predicted octanol–water partition coefficient (Wildman–Crippen LogP) is 1.53. The number of nitrogens with zero attached hydrogens (tertiary/aromatic N) is 4. The van der Waals surface area contributed by atoms with Crippen LogP contribution >= 0.6 is 15.9 Å². The van der Waals surface area contributed by atoms with E-state index in [-0.39, 0.29) is 6.04 Å². The lowest BCUT2D eigenvalue weighted by Crippen LogP contribution is -2.08. The fourth-order valence-corrected chi connectivity index (χ4v) is 1.52. The average molecular weight is 269 g/mol. The van der Waals surface area contributed by atoms with E-state index in [9.17, 15) is 0 Å². The normalized spacial score (nSPS) is 12.4. The third kappa shape index (κ3) is 2.50. The summed E-state index contributed by atoms with van der Waals surface area (Å²) in [7, 11) is 0. The molecule has 0 radical (unpaired) electrons. The predicted molar refractivity (Wildman–Crippen MR) is 58.2 cm³/mol. The number of aromatic amines is 1. The standard InChI is InChI=1S/C8H9BrN6/c1-5(8-12-14-15-13-8)11-7-2-6(9)3-10-4-7/h2-5,11H,1H3,(H,12,13,14,15). The molecule has 78 valence electrons. The van der Waals surface area contributed by atoms with Crippen molar-refractivity contribution in [1.82, 2.24) is 25.6 Å². The molecule has 0 aliphatic carbocycles. The van der Waals surface area contributed by atoms with Crippen LogP contribution in [0.2, 0.25) is 0 Å². The van der Waals surface area contributed by atoms with Gasteiger partial charge in [-0.3, -0.25) is 4.98 Å². The van der Waals surface area contributed by atoms with Gasteiger partial charge in [0.2, 0.25) is 0 Å². The lowest BCUT2D eigenvalue weighted by Gasteiger charge is -2.10. The summed E-state index contributed by atoms with van der Waals surface area (Å²) in [6, 6.07) is 1.92. The number of hydrogen-bond acceptors (Lipinski definition) is 5. The molecule has 0 saturated carbocycles. The maximum Gasteiger partial charge on any atom is 0.196 e. The van der Waals surface area contributed by atoms with Crippen molar-refractivity contribution in [3.8, 4) is 0 Å². The second kappa shape index (κ2) is 4.35. The topological polar surface area (TPSA) is 79.4 Å². The van der Waals surface area contributed by atoms with Gasteiger partial charge in [-0.05, 0) is 28.9 Å². The van der Waals surface area contributed by atoms with E-state index in [2.05, 4.69) is 46.9 Å². The first-order chi connectivity index (χ1) is 7.25. The Labute approximate surface area is 94.6 Å². The summed E-state index contributed by atoms with van der Waals surface area (Å²) < 4.78 is 0.924. The molecule has 1 atom stereocenters. The Balaban J connectivity index is 2.09. The van der Waals surface area contributed by atoms with Crippen molar-refractivity contribution >= 4 is 21.6 Å². The van der Waals surface area contributed by atoms with Crippen LogP contribution < -0.4 is 5.32 Å². The Hall–Kier alpha value is -1.50. The van der Waals surface area contributed by atoms with Gasteiger partial charge in [0, 0.05) is 10.7 Å². The highest BCUT2D eigenvalue weighted by atomic mass is 79.9. The molecule has 15 heavy (non-hydrogen) atoms. The number of rotatable bonds is 3. The summed E-state index contributed by atoms with van der Waals surface area (Å²) in [4.78, 5) is 4.04. The van der Waals surface area contributed by atoms with E-state index in [4.69, 9.17) is 0 Å². The quantitative estimate of drug-likeness (QED) is 0.883. The molecule has 0 saturated heterocycles. The first-order valence-electron chi connectivity index (χ1n) is 4.36. The summed E-state index contributed by atoms with van der Waals surface area (Å²) >= 11 is 3.35. The zero-order chi connectivity index (χ0) is 10.7. The summed E-state index contributed by atoms with van der Waals surface area (Å²) in [6.07, 6.45) is 3.46. The lowest BCUT2D eigenvalue weighted by atomic mass is 10.3. The second-order valence-corrected chi connectivity index (χ2v) is 3.94. The molecule has 0 aliphatic rings. The molecule has 0 fully saturated rings. The molecular formula is C8H9BrN6. The van der Waals surface area contributed by atoms with Crippen molar-refractivity contribution < 1.29 is 0 Å². The highest BCUT2D eigenvalue weighted by molar-refractivity contribution is 9.10. The maximum absolute atomic E-state index is 4.04. The molecule has 0 spiro atoms. The summed E-state index contributed by atoms with van der Waals surface area (Å²) in [5.41, 5.74) is 0.904. The first-order valence-corrected chi connectivity index (χ1v) is 5.15. The van der Waals surface area contributed by atoms with Crippen LogP contribution in [-0.4, -0.2) is 25.6 Å². The van der Waals surface area contributed by atoms with Crippen LogP contribution in [0.5, 0.6) is 0 Å². The van der Waals surface area contributed by atoms with Crippen molar-refractivity contribution in [2.45, 2.75) is 13.0 Å². The van der Waals surface area contributed by atoms with Crippen LogP contribution in [0.4, 0.5) is 5.69 Å². The third-order valence-corrected chi connectivity index (χ3v) is 2.27. The Kier molecular flexibility index (Phi) is 2.91. The van der Waals surface area contributed by atoms with E-state index in [0.717, 1.165) is 10.2 Å². The zero-order valence-corrected chi connectivity index (χ0v) is 9.56. The van der Waals surface area contributed by atoms with Crippen molar-refractivity contribution in [3.63, 3.8) is 0 Å². The number of halogens is 1. The monoisotopic (exact) mass is 268 g/mol. The molecule has 0 bridgehead atoms. The van der Waals surface area contributed by atoms with Crippen LogP contribution in [0.1, 0.15) is 18.8 Å². The lowest BCUT2D eigenvalue weighted by molar-refractivity contribution is 0.792. The minimum Gasteiger partial charge on any atom is -0.374 e. The molecule has 2 aromatic rings. The van der Waals surface area contributed by atoms with Crippen LogP contribution in [-0.2, 0) is 0 Å². The number of nitrogens with one attached hydrogen (secondary N) is 2. The van der Waals surface area contributed by atoms with Gasteiger partial charge in [-0.1, -0.05) is 5.21 Å². The van der Waals surface area contributed by atoms with Gasteiger partial charge >= 0.3 is 0 Å². The largest absolute Gasteiger partial charge is 0.374 e. The van der Waals surface area contributed by atoms with Gasteiger partial charge in [-0.25, -0.2) is 0 Å². The van der Waals surface area contributed by atoms with E-state index in [1.807, 2.05) is 13.0 Å². The average Bonchev–Trinajstić information content (AvgIpc) is 2.70. The Bertz CT molecular complexity index is 428. The Morgan fingerprint density at radius 1 is 1.47 bits per heavy atom. The Morgan fingerprint density at radius 2 is 2.33 bits per heavy atom. The van der Waals surface area contributed by atoms with Crippen LogP contribution in [0.25, 0.3) is 0 Å². The second-order valence-electron chi connectivity index (χ2n) is 3.03. The fourth-order valence-electron chi connectivity index (χ4n) is 1.16. The van der Waals surface area contributed by atoms with Gasteiger partial charge in [0.1, 0.15) is 0 Å². The maximum atomic E-state index is 4.04. The summed E-state index contributed by atoms with van der Waals surface area (Å²) in [5.74, 6) is 0.620. The van der Waals surface area contributed by atoms with Gasteiger partial charge in [0.15, 0.2) is 5.82 Å². The third-order valence-electron chi connectivity index (χ3n) is 1.84. The molecule has 0 aliphatic heterocycles. The highest BCUT2D eigenvalue weighted by Crippen LogP contribution is 2.18. The zero-order valence-electron chi connectivity index (χ0n) is 7.98. The van der Waals surface area contributed by atoms with Crippen molar-refractivity contribution in [3.05, 3.63) is 28.8 Å². The molecule has 7 heteroatoms. The summed E-state index contributed by atoms with van der Waals surface area (Å²) in [6.45, 7) is 1.95. The van der Waals surface area contributed by atoms with Gasteiger partial charge in [-0.15, -0.1) is 10.2 Å². The van der Waals surface area contributed by atoms with Gasteiger partial charge in [0.05, 0.1) is 17.9 Å². The van der Waals surface area contributed by atoms with E-state index < -0.39 is 0 Å². The van der Waals surface area contributed by atoms with Gasteiger partial charge in [0.25, 0.3) is 0 Å². The van der Waals surface area contributed by atoms with E-state index in [0.29, 0.717) is 5.82 Å². The first kappa shape index (κ1) is 10.0. The molecule has 6 nitrogen and oxygen atoms in total. The molecule has 0 aromatic carbocycles. The molecule has 2 N–H and O–H groups in total. The molecule has 1 unspecified atom stereocenters. The van der Waals surface area contributed by atoms with Crippen molar-refractivity contribution in [2.24, 2.45) is 0 Å². The number of H-pyrrole nitrogens is 1. The summed E-state index contributed by atoms with van der Waals surface area (Å²) in [5, 5.41) is 16.9. The van der Waals surface area contributed by atoms with Gasteiger partial charge < -0.3 is 5.32 Å². The van der Waals surface area contributed by atoms with E-state index >= 15 is 0 Å². The van der Waals surface area contributed by atoms with Crippen LogP contribution in [0.3, 0.4) is 0 Å².